The average Bonchev–Trinajstić information content (AvgIpc) is 3.26. The van der Waals surface area contributed by atoms with Crippen molar-refractivity contribution in [2.24, 2.45) is 5.92 Å². The molecule has 2 aromatic heterocycles. The number of carbonyl (C=O) groups excluding carboxylic acids is 2. The molecule has 2 fully saturated rings. The fraction of sp³-hybridized carbons (Fsp3) is 0.500. The summed E-state index contributed by atoms with van der Waals surface area (Å²) in [6, 6.07) is 5.86. The van der Waals surface area contributed by atoms with Crippen LogP contribution in [-0.2, 0) is 20.7 Å². The van der Waals surface area contributed by atoms with Gasteiger partial charge in [-0.1, -0.05) is 6.07 Å². The van der Waals surface area contributed by atoms with E-state index in [1.54, 1.807) is 0 Å². The molecule has 1 amide bonds. The van der Waals surface area contributed by atoms with E-state index in [9.17, 15) is 9.59 Å². The van der Waals surface area contributed by atoms with Gasteiger partial charge in [0.05, 0.1) is 18.0 Å². The Morgan fingerprint density at radius 2 is 2.21 bits per heavy atom. The van der Waals surface area contributed by atoms with Crippen LogP contribution in [0.4, 0.5) is 0 Å². The summed E-state index contributed by atoms with van der Waals surface area (Å²) in [5.41, 5.74) is 1.30. The topological polar surface area (TPSA) is 72.7 Å². The van der Waals surface area contributed by atoms with Crippen LogP contribution in [0, 0.1) is 5.92 Å². The van der Waals surface area contributed by atoms with Crippen LogP contribution >= 0.6 is 0 Å². The number of esters is 1. The highest BCUT2D eigenvalue weighted by molar-refractivity contribution is 5.87. The van der Waals surface area contributed by atoms with Crippen LogP contribution in [0.1, 0.15) is 37.8 Å². The van der Waals surface area contributed by atoms with Crippen molar-refractivity contribution in [1.29, 1.82) is 0 Å². The number of aromatic nitrogens is 2. The molecule has 1 unspecified atom stereocenters. The molecule has 0 bridgehead atoms. The second-order valence-electron chi connectivity index (χ2n) is 6.74. The minimum atomic E-state index is -0.537. The largest absolute Gasteiger partial charge is 0.458 e. The molecule has 0 aromatic carbocycles. The molecule has 1 N–H and O–H groups in total. The first-order chi connectivity index (χ1) is 11.7. The maximum absolute atomic E-state index is 12.5. The molecule has 4 rings (SSSR count). The number of nitrogens with one attached hydrogen (secondary N) is 1. The fourth-order valence-electron chi connectivity index (χ4n) is 3.99. The van der Waals surface area contributed by atoms with Gasteiger partial charge in [0.15, 0.2) is 0 Å². The summed E-state index contributed by atoms with van der Waals surface area (Å²) in [7, 11) is 0. The minimum absolute atomic E-state index is 0.0634. The van der Waals surface area contributed by atoms with Crippen LogP contribution in [0.15, 0.2) is 30.6 Å². The van der Waals surface area contributed by atoms with Crippen LogP contribution in [-0.4, -0.2) is 33.4 Å². The van der Waals surface area contributed by atoms with Crippen LogP contribution < -0.4 is 5.32 Å². The summed E-state index contributed by atoms with van der Waals surface area (Å²) in [5.74, 6) is -0.641. The van der Waals surface area contributed by atoms with Crippen LogP contribution in [0.2, 0.25) is 0 Å². The Labute approximate surface area is 140 Å². The van der Waals surface area contributed by atoms with E-state index >= 15 is 0 Å². The van der Waals surface area contributed by atoms with Gasteiger partial charge < -0.3 is 14.5 Å². The monoisotopic (exact) mass is 327 g/mol. The average molecular weight is 327 g/mol. The molecule has 2 aliphatic rings. The Morgan fingerprint density at radius 3 is 3.00 bits per heavy atom. The molecule has 24 heavy (non-hydrogen) atoms. The zero-order valence-electron chi connectivity index (χ0n) is 13.5. The van der Waals surface area contributed by atoms with E-state index in [-0.39, 0.29) is 24.2 Å². The van der Waals surface area contributed by atoms with Crippen molar-refractivity contribution in [3.05, 3.63) is 36.3 Å². The third-order valence-electron chi connectivity index (χ3n) is 5.18. The van der Waals surface area contributed by atoms with E-state index in [1.165, 1.54) is 0 Å². The summed E-state index contributed by atoms with van der Waals surface area (Å²) < 4.78 is 7.50. The quantitative estimate of drug-likeness (QED) is 0.870. The molecule has 3 heterocycles. The van der Waals surface area contributed by atoms with Gasteiger partial charge in [-0.3, -0.25) is 9.59 Å². The molecule has 2 aromatic rings. The Kier molecular flexibility index (Phi) is 3.75. The molecule has 1 saturated heterocycles. The number of hydrogen-bond donors (Lipinski definition) is 1. The lowest BCUT2D eigenvalue weighted by atomic mass is 9.85. The number of carbonyl (C=O) groups is 2. The van der Waals surface area contributed by atoms with Gasteiger partial charge in [0.25, 0.3) is 0 Å². The van der Waals surface area contributed by atoms with E-state index in [0.717, 1.165) is 37.0 Å². The maximum Gasteiger partial charge on any atom is 0.307 e. The smallest absolute Gasteiger partial charge is 0.307 e. The molecule has 6 heteroatoms. The predicted octanol–water partition coefficient (Wildman–Crippen LogP) is 1.87. The molecule has 1 spiro atoms. The van der Waals surface area contributed by atoms with Crippen LogP contribution in [0.25, 0.3) is 5.65 Å². The number of imidazole rings is 1. The molecule has 6 nitrogen and oxygen atoms in total. The Bertz CT molecular complexity index is 744. The third-order valence-corrected chi connectivity index (χ3v) is 5.18. The summed E-state index contributed by atoms with van der Waals surface area (Å²) in [5, 5.41) is 2.97. The van der Waals surface area contributed by atoms with Crippen molar-refractivity contribution in [2.45, 2.75) is 44.1 Å². The maximum atomic E-state index is 12.5. The third kappa shape index (κ3) is 2.66. The standard InChI is InChI=1S/C18H21N3O3/c22-16-11-14(18(24-16)7-2-3-8-18)17(23)19-9-6-13-12-21-10-4-1-5-15(21)20-13/h1,4-5,10,12,14H,2-3,6-9,11H2,(H,19,23). The van der Waals surface area contributed by atoms with Gasteiger partial charge in [-0.05, 0) is 37.8 Å². The SMILES string of the molecule is O=C1CC(C(=O)NCCc2cn3ccccc3n2)C2(CCCC2)O1. The van der Waals surface area contributed by atoms with E-state index in [2.05, 4.69) is 10.3 Å². The van der Waals surface area contributed by atoms with Crippen LogP contribution in [0.5, 0.6) is 0 Å². The van der Waals surface area contributed by atoms with Gasteiger partial charge in [0.1, 0.15) is 11.2 Å². The number of rotatable bonds is 4. The number of nitrogens with zero attached hydrogens (tertiary/aromatic N) is 2. The normalized spacial score (nSPS) is 22.2. The molecule has 1 saturated carbocycles. The molecular weight excluding hydrogens is 306 g/mol. The lowest BCUT2D eigenvalue weighted by Crippen LogP contribution is -2.43. The number of amides is 1. The lowest BCUT2D eigenvalue weighted by Gasteiger charge is -2.27. The molecule has 0 radical (unpaired) electrons. The van der Waals surface area contributed by atoms with E-state index < -0.39 is 5.60 Å². The van der Waals surface area contributed by atoms with Gasteiger partial charge in [0.2, 0.25) is 5.91 Å². The van der Waals surface area contributed by atoms with Gasteiger partial charge in [0, 0.05) is 25.4 Å². The summed E-state index contributed by atoms with van der Waals surface area (Å²) in [4.78, 5) is 28.8. The second-order valence-corrected chi connectivity index (χ2v) is 6.74. The Balaban J connectivity index is 1.37. The second kappa shape index (κ2) is 5.92. The van der Waals surface area contributed by atoms with Crippen LogP contribution in [0.3, 0.4) is 0 Å². The van der Waals surface area contributed by atoms with Crippen molar-refractivity contribution in [3.63, 3.8) is 0 Å². The first kappa shape index (κ1) is 15.2. The molecule has 126 valence electrons. The number of hydrogen-bond acceptors (Lipinski definition) is 4. The minimum Gasteiger partial charge on any atom is -0.458 e. The highest BCUT2D eigenvalue weighted by Crippen LogP contribution is 2.45. The molecule has 1 aliphatic heterocycles. The van der Waals surface area contributed by atoms with Crippen molar-refractivity contribution in [1.82, 2.24) is 14.7 Å². The highest BCUT2D eigenvalue weighted by atomic mass is 16.6. The summed E-state index contributed by atoms with van der Waals surface area (Å²) in [6.07, 6.45) is 8.48. The van der Waals surface area contributed by atoms with E-state index in [4.69, 9.17) is 4.74 Å². The van der Waals surface area contributed by atoms with Gasteiger partial charge in [-0.2, -0.15) is 0 Å². The van der Waals surface area contributed by atoms with Gasteiger partial charge in [-0.15, -0.1) is 0 Å². The molecule has 1 atom stereocenters. The van der Waals surface area contributed by atoms with Crippen molar-refractivity contribution < 1.29 is 14.3 Å². The lowest BCUT2D eigenvalue weighted by molar-refractivity contribution is -0.149. The number of fused-ring (bicyclic) bond motifs is 1. The molecule has 1 aliphatic carbocycles. The zero-order chi connectivity index (χ0) is 16.6. The zero-order valence-corrected chi connectivity index (χ0v) is 13.5. The van der Waals surface area contributed by atoms with Crippen molar-refractivity contribution in [3.8, 4) is 0 Å². The summed E-state index contributed by atoms with van der Waals surface area (Å²) >= 11 is 0. The first-order valence-electron chi connectivity index (χ1n) is 8.58. The molecular formula is C18H21N3O3. The fourth-order valence-corrected chi connectivity index (χ4v) is 3.99. The number of ether oxygens (including phenoxy) is 1. The predicted molar refractivity (Wildman–Crippen MR) is 87.3 cm³/mol. The number of pyridine rings is 1. The van der Waals surface area contributed by atoms with Gasteiger partial charge >= 0.3 is 5.97 Å². The van der Waals surface area contributed by atoms with E-state index in [1.807, 2.05) is 35.0 Å². The van der Waals surface area contributed by atoms with E-state index in [0.29, 0.717) is 13.0 Å². The van der Waals surface area contributed by atoms with Crippen molar-refractivity contribution >= 4 is 17.5 Å². The highest BCUT2D eigenvalue weighted by Gasteiger charge is 2.53. The van der Waals surface area contributed by atoms with Crippen molar-refractivity contribution in [2.75, 3.05) is 6.54 Å². The first-order valence-corrected chi connectivity index (χ1v) is 8.58. The Hall–Kier alpha value is -2.37. The van der Waals surface area contributed by atoms with Gasteiger partial charge in [-0.25, -0.2) is 4.98 Å². The Morgan fingerprint density at radius 1 is 1.38 bits per heavy atom. The summed E-state index contributed by atoms with van der Waals surface area (Å²) in [6.45, 7) is 0.517.